The summed E-state index contributed by atoms with van der Waals surface area (Å²) in [7, 11) is 0. The van der Waals surface area contributed by atoms with Gasteiger partial charge in [-0.1, -0.05) is 41.9 Å². The van der Waals surface area contributed by atoms with E-state index in [0.29, 0.717) is 45.4 Å². The summed E-state index contributed by atoms with van der Waals surface area (Å²) in [5, 5.41) is 42.5. The van der Waals surface area contributed by atoms with Crippen molar-refractivity contribution in [2.45, 2.75) is 65.3 Å². The molecule has 1 saturated heterocycles. The van der Waals surface area contributed by atoms with Crippen molar-refractivity contribution in [1.29, 1.82) is 5.26 Å². The van der Waals surface area contributed by atoms with Crippen LogP contribution in [0.1, 0.15) is 58.2 Å². The van der Waals surface area contributed by atoms with Gasteiger partial charge in [0.1, 0.15) is 36.5 Å². The van der Waals surface area contributed by atoms with Crippen LogP contribution in [0.15, 0.2) is 60.9 Å². The first kappa shape index (κ1) is 39.0. The molecule has 0 aliphatic carbocycles. The highest BCUT2D eigenvalue weighted by Gasteiger charge is 2.29. The van der Waals surface area contributed by atoms with Crippen molar-refractivity contribution in [3.8, 4) is 34.4 Å². The quantitative estimate of drug-likeness (QED) is 0.0899. The lowest BCUT2D eigenvalue weighted by Crippen LogP contribution is -2.54. The normalized spacial score (nSPS) is 13.3. The summed E-state index contributed by atoms with van der Waals surface area (Å²) in [6.07, 6.45) is 6.70. The van der Waals surface area contributed by atoms with E-state index >= 15 is 0 Å². The molecule has 1 fully saturated rings. The molecule has 52 heavy (non-hydrogen) atoms. The number of ether oxygens (including phenoxy) is 3. The predicted octanol–water partition coefficient (Wildman–Crippen LogP) is 6.03. The Balaban J connectivity index is 1.36. The van der Waals surface area contributed by atoms with Crippen LogP contribution in [0.3, 0.4) is 0 Å². The van der Waals surface area contributed by atoms with Crippen LogP contribution in [0.5, 0.6) is 17.2 Å². The zero-order valence-corrected chi connectivity index (χ0v) is 31.0. The Bertz CT molecular complexity index is 1840. The van der Waals surface area contributed by atoms with Gasteiger partial charge in [0.2, 0.25) is 0 Å². The number of benzene rings is 3. The highest BCUT2D eigenvalue weighted by Crippen LogP contribution is 2.39. The molecule has 276 valence electrons. The van der Waals surface area contributed by atoms with Crippen molar-refractivity contribution in [2.24, 2.45) is 0 Å². The molecule has 0 saturated carbocycles. The minimum absolute atomic E-state index is 0.114. The van der Waals surface area contributed by atoms with Crippen LogP contribution in [-0.2, 0) is 19.8 Å². The Labute approximate surface area is 311 Å². The van der Waals surface area contributed by atoms with E-state index in [-0.39, 0.29) is 19.8 Å². The first-order chi connectivity index (χ1) is 25.2. The van der Waals surface area contributed by atoms with Gasteiger partial charge < -0.3 is 39.7 Å². The molecule has 1 aromatic heterocycles. The SMILES string of the molecule is Cc1c(COc2cc(OCc3cncc(C#N)c3)c(CNC(CO)(CO)CO)c(C)c2Cl)cccc1-c1cccc(OCCCN2CCCC2)c1C. The lowest BCUT2D eigenvalue weighted by atomic mass is 9.93. The molecular formula is C41H49ClN4O6. The number of hydrogen-bond donors (Lipinski definition) is 4. The molecule has 3 aromatic carbocycles. The van der Waals surface area contributed by atoms with Crippen molar-refractivity contribution in [1.82, 2.24) is 15.2 Å². The Morgan fingerprint density at radius 1 is 0.846 bits per heavy atom. The Hall–Kier alpha value is -4.21. The van der Waals surface area contributed by atoms with Gasteiger partial charge in [-0.3, -0.25) is 4.98 Å². The second-order valence-electron chi connectivity index (χ2n) is 13.4. The third-order valence-electron chi connectivity index (χ3n) is 9.90. The average Bonchev–Trinajstić information content (AvgIpc) is 3.70. The molecule has 2 heterocycles. The van der Waals surface area contributed by atoms with Crippen molar-refractivity contribution in [3.05, 3.63) is 105 Å². The Morgan fingerprint density at radius 3 is 2.25 bits per heavy atom. The number of aliphatic hydroxyl groups excluding tert-OH is 3. The minimum atomic E-state index is -1.31. The summed E-state index contributed by atoms with van der Waals surface area (Å²) < 4.78 is 18.9. The fourth-order valence-electron chi connectivity index (χ4n) is 6.43. The van der Waals surface area contributed by atoms with E-state index in [1.165, 1.54) is 32.1 Å². The molecule has 4 N–H and O–H groups in total. The largest absolute Gasteiger partial charge is 0.493 e. The summed E-state index contributed by atoms with van der Waals surface area (Å²) >= 11 is 6.92. The van der Waals surface area contributed by atoms with E-state index in [1.54, 1.807) is 18.3 Å². The molecule has 10 nitrogen and oxygen atoms in total. The predicted molar refractivity (Wildman–Crippen MR) is 202 cm³/mol. The summed E-state index contributed by atoms with van der Waals surface area (Å²) in [6, 6.07) is 17.9. The molecule has 0 atom stereocenters. The molecule has 4 aromatic rings. The third kappa shape index (κ3) is 9.41. The Kier molecular flexibility index (Phi) is 13.9. The zero-order valence-electron chi connectivity index (χ0n) is 30.3. The number of likely N-dealkylation sites (tertiary alicyclic amines) is 1. The summed E-state index contributed by atoms with van der Waals surface area (Å²) in [4.78, 5) is 6.63. The van der Waals surface area contributed by atoms with Crippen molar-refractivity contribution >= 4 is 11.6 Å². The fourth-order valence-corrected chi connectivity index (χ4v) is 6.66. The average molecular weight is 729 g/mol. The third-order valence-corrected chi connectivity index (χ3v) is 10.4. The molecule has 0 radical (unpaired) electrons. The van der Waals surface area contributed by atoms with Gasteiger partial charge in [0.05, 0.1) is 42.6 Å². The molecule has 0 unspecified atom stereocenters. The minimum Gasteiger partial charge on any atom is -0.493 e. The van der Waals surface area contributed by atoms with E-state index in [2.05, 4.69) is 47.3 Å². The molecule has 0 amide bonds. The summed E-state index contributed by atoms with van der Waals surface area (Å²) in [5.74, 6) is 1.77. The van der Waals surface area contributed by atoms with Gasteiger partial charge in [-0.2, -0.15) is 5.26 Å². The zero-order chi connectivity index (χ0) is 37.1. The molecule has 0 spiro atoms. The number of rotatable bonds is 18. The number of halogens is 1. The molecule has 5 rings (SSSR count). The first-order valence-electron chi connectivity index (χ1n) is 17.7. The van der Waals surface area contributed by atoms with Crippen molar-refractivity contribution in [3.63, 3.8) is 0 Å². The second-order valence-corrected chi connectivity index (χ2v) is 13.8. The van der Waals surface area contributed by atoms with Crippen LogP contribution in [0, 0.1) is 32.1 Å². The number of aliphatic hydroxyl groups is 3. The number of aromatic nitrogens is 1. The van der Waals surface area contributed by atoms with Gasteiger partial charge >= 0.3 is 0 Å². The number of pyridine rings is 1. The van der Waals surface area contributed by atoms with Gasteiger partial charge in [0, 0.05) is 42.7 Å². The van der Waals surface area contributed by atoms with Crippen LogP contribution in [0.25, 0.3) is 11.1 Å². The number of nitriles is 1. The van der Waals surface area contributed by atoms with Crippen LogP contribution in [0.4, 0.5) is 0 Å². The number of nitrogens with zero attached hydrogens (tertiary/aromatic N) is 3. The second kappa shape index (κ2) is 18.5. The monoisotopic (exact) mass is 728 g/mol. The standard InChI is InChI=1S/C41H49ClN4O6/c1-28-33(9-6-10-34(28)35-11-7-12-37(29(35)2)50-16-8-15-46-13-4-5-14-46)24-52-39-18-38(51-23-32-17-31(19-43)20-44-21-32)36(30(3)40(39)42)22-45-41(25-47,26-48)27-49/h6-7,9-12,17-18,20-21,45,47-49H,4-5,8,13-16,22-27H2,1-3H3. The van der Waals surface area contributed by atoms with E-state index in [4.69, 9.17) is 25.8 Å². The summed E-state index contributed by atoms with van der Waals surface area (Å²) in [5.41, 5.74) is 6.52. The number of hydrogen-bond acceptors (Lipinski definition) is 10. The highest BCUT2D eigenvalue weighted by molar-refractivity contribution is 6.33. The van der Waals surface area contributed by atoms with Gasteiger partial charge in [-0.25, -0.2) is 0 Å². The maximum absolute atomic E-state index is 9.89. The Morgan fingerprint density at radius 2 is 1.54 bits per heavy atom. The molecule has 11 heteroatoms. The van der Waals surface area contributed by atoms with Crippen LogP contribution >= 0.6 is 11.6 Å². The van der Waals surface area contributed by atoms with Crippen LogP contribution < -0.4 is 19.5 Å². The molecular weight excluding hydrogens is 680 g/mol. The number of nitrogens with one attached hydrogen (secondary N) is 1. The highest BCUT2D eigenvalue weighted by atomic mass is 35.5. The van der Waals surface area contributed by atoms with Gasteiger partial charge in [-0.15, -0.1) is 0 Å². The smallest absolute Gasteiger partial charge is 0.142 e. The fraction of sp³-hybridized carbons (Fsp3) is 0.415. The van der Waals surface area contributed by atoms with Gasteiger partial charge in [0.15, 0.2) is 0 Å². The molecule has 1 aliphatic rings. The molecule has 0 bridgehead atoms. The molecule has 1 aliphatic heterocycles. The van der Waals surface area contributed by atoms with Crippen LogP contribution in [0.2, 0.25) is 5.02 Å². The van der Waals surface area contributed by atoms with E-state index < -0.39 is 25.4 Å². The first-order valence-corrected chi connectivity index (χ1v) is 18.1. The lowest BCUT2D eigenvalue weighted by molar-refractivity contribution is 0.0411. The topological polar surface area (TPSA) is 140 Å². The van der Waals surface area contributed by atoms with Gasteiger partial charge in [-0.05, 0) is 98.6 Å². The van der Waals surface area contributed by atoms with Crippen molar-refractivity contribution in [2.75, 3.05) is 46.1 Å². The summed E-state index contributed by atoms with van der Waals surface area (Å²) in [6.45, 7) is 9.22. The van der Waals surface area contributed by atoms with Crippen LogP contribution in [-0.4, -0.2) is 76.8 Å². The maximum atomic E-state index is 9.89. The van der Waals surface area contributed by atoms with E-state index in [1.807, 2.05) is 31.2 Å². The van der Waals surface area contributed by atoms with E-state index in [9.17, 15) is 20.6 Å². The lowest BCUT2D eigenvalue weighted by Gasteiger charge is -2.30. The van der Waals surface area contributed by atoms with Crippen molar-refractivity contribution < 1.29 is 29.5 Å². The van der Waals surface area contributed by atoms with E-state index in [0.717, 1.165) is 46.5 Å². The maximum Gasteiger partial charge on any atom is 0.142 e. The van der Waals surface area contributed by atoms with Gasteiger partial charge in [0.25, 0.3) is 0 Å².